The first kappa shape index (κ1) is 16.1. The van der Waals surface area contributed by atoms with E-state index in [-0.39, 0.29) is 12.6 Å². The Hall–Kier alpha value is -2.73. The number of nitrogens with one attached hydrogen (secondary N) is 1. The molecule has 0 unspecified atom stereocenters. The molecule has 3 rings (SSSR count). The first-order chi connectivity index (χ1) is 11.5. The van der Waals surface area contributed by atoms with Crippen LogP contribution in [0.2, 0.25) is 5.02 Å². The number of furan rings is 1. The highest BCUT2D eigenvalue weighted by Gasteiger charge is 2.20. The van der Waals surface area contributed by atoms with Crippen LogP contribution in [0.1, 0.15) is 11.5 Å². The van der Waals surface area contributed by atoms with Crippen molar-refractivity contribution in [2.24, 2.45) is 7.05 Å². The fourth-order valence-electron chi connectivity index (χ4n) is 2.25. The fourth-order valence-corrected chi connectivity index (χ4v) is 2.38. The predicted molar refractivity (Wildman–Crippen MR) is 93.3 cm³/mol. The van der Waals surface area contributed by atoms with Crippen molar-refractivity contribution in [3.05, 3.63) is 65.2 Å². The smallest absolute Gasteiger partial charge is 0.327 e. The molecule has 0 radical (unpaired) electrons. The van der Waals surface area contributed by atoms with Crippen molar-refractivity contribution < 1.29 is 9.21 Å². The summed E-state index contributed by atoms with van der Waals surface area (Å²) in [6.45, 7) is 2.15. The summed E-state index contributed by atoms with van der Waals surface area (Å²) in [5, 5.41) is 7.76. The van der Waals surface area contributed by atoms with Crippen LogP contribution < -0.4 is 10.2 Å². The van der Waals surface area contributed by atoms with Crippen LogP contribution >= 0.6 is 11.6 Å². The lowest BCUT2D eigenvalue weighted by atomic mass is 10.3. The van der Waals surface area contributed by atoms with Crippen LogP contribution in [0.15, 0.2) is 53.1 Å². The molecule has 3 aromatic rings. The number of rotatable bonds is 4. The second-order valence-corrected chi connectivity index (χ2v) is 5.82. The number of hydrogen-bond donors (Lipinski definition) is 1. The van der Waals surface area contributed by atoms with Crippen molar-refractivity contribution in [1.29, 1.82) is 0 Å². The minimum absolute atomic E-state index is 0.282. The molecular formula is C17H17ClN4O2. The highest BCUT2D eigenvalue weighted by molar-refractivity contribution is 6.30. The van der Waals surface area contributed by atoms with Gasteiger partial charge in [-0.15, -0.1) is 0 Å². The van der Waals surface area contributed by atoms with Gasteiger partial charge in [-0.3, -0.25) is 9.58 Å². The molecule has 1 N–H and O–H groups in total. The Bertz CT molecular complexity index is 838. The monoisotopic (exact) mass is 344 g/mol. The van der Waals surface area contributed by atoms with Gasteiger partial charge in [0.05, 0.1) is 6.54 Å². The van der Waals surface area contributed by atoms with E-state index < -0.39 is 0 Å². The first-order valence-electron chi connectivity index (χ1n) is 7.40. The zero-order valence-corrected chi connectivity index (χ0v) is 14.1. The van der Waals surface area contributed by atoms with E-state index in [1.54, 1.807) is 48.3 Å². The van der Waals surface area contributed by atoms with Gasteiger partial charge < -0.3 is 9.73 Å². The molecule has 0 saturated carbocycles. The molecule has 24 heavy (non-hydrogen) atoms. The lowest BCUT2D eigenvalue weighted by Crippen LogP contribution is -2.34. The molecule has 6 nitrogen and oxygen atoms in total. The molecule has 0 spiro atoms. The molecule has 2 heterocycles. The van der Waals surface area contributed by atoms with E-state index in [1.165, 1.54) is 4.90 Å². The number of halogens is 1. The van der Waals surface area contributed by atoms with Gasteiger partial charge in [0.1, 0.15) is 11.5 Å². The summed E-state index contributed by atoms with van der Waals surface area (Å²) in [6, 6.07) is 12.1. The van der Waals surface area contributed by atoms with Crippen molar-refractivity contribution >= 4 is 29.1 Å². The van der Waals surface area contributed by atoms with Gasteiger partial charge in [-0.1, -0.05) is 11.6 Å². The number of nitrogens with zero attached hydrogens (tertiary/aromatic N) is 3. The summed E-state index contributed by atoms with van der Waals surface area (Å²) in [7, 11) is 1.80. The van der Waals surface area contributed by atoms with Crippen molar-refractivity contribution in [2.45, 2.75) is 13.5 Å². The maximum Gasteiger partial charge on any atom is 0.327 e. The topological polar surface area (TPSA) is 63.3 Å². The molecule has 0 atom stereocenters. The number of carbonyl (C=O) groups is 1. The third-order valence-electron chi connectivity index (χ3n) is 3.43. The van der Waals surface area contributed by atoms with E-state index >= 15 is 0 Å². The molecule has 0 aliphatic heterocycles. The number of aryl methyl sites for hydroxylation is 2. The molecule has 1 aromatic carbocycles. The largest absolute Gasteiger partial charge is 0.464 e. The van der Waals surface area contributed by atoms with Crippen LogP contribution in [-0.2, 0) is 13.6 Å². The standard InChI is InChI=1S/C17H17ClN4O2/c1-12-3-8-15(24-12)11-22(16-9-10-21(2)20-16)17(23)19-14-6-4-13(18)5-7-14/h3-10H,11H2,1-2H3,(H,19,23). The number of carbonyl (C=O) groups excluding carboxylic acids is 1. The molecule has 0 aliphatic rings. The Morgan fingerprint density at radius 2 is 2.00 bits per heavy atom. The predicted octanol–water partition coefficient (Wildman–Crippen LogP) is 4.21. The Morgan fingerprint density at radius 1 is 1.25 bits per heavy atom. The van der Waals surface area contributed by atoms with Crippen molar-refractivity contribution in [1.82, 2.24) is 9.78 Å². The van der Waals surface area contributed by atoms with Crippen molar-refractivity contribution in [3.63, 3.8) is 0 Å². The highest BCUT2D eigenvalue weighted by atomic mass is 35.5. The number of benzene rings is 1. The minimum atomic E-state index is -0.301. The van der Waals surface area contributed by atoms with Gasteiger partial charge in [-0.25, -0.2) is 4.79 Å². The second-order valence-electron chi connectivity index (χ2n) is 5.38. The van der Waals surface area contributed by atoms with E-state index in [0.29, 0.717) is 22.3 Å². The first-order valence-corrected chi connectivity index (χ1v) is 7.78. The molecule has 2 aromatic heterocycles. The van der Waals surface area contributed by atoms with E-state index in [4.69, 9.17) is 16.0 Å². The Balaban J connectivity index is 1.82. The summed E-state index contributed by atoms with van der Waals surface area (Å²) in [5.74, 6) is 2.02. The van der Waals surface area contributed by atoms with Crippen molar-refractivity contribution in [2.75, 3.05) is 10.2 Å². The lowest BCUT2D eigenvalue weighted by Gasteiger charge is -2.20. The zero-order chi connectivity index (χ0) is 17.1. The lowest BCUT2D eigenvalue weighted by molar-refractivity contribution is 0.256. The molecule has 124 valence electrons. The number of urea groups is 1. The van der Waals surface area contributed by atoms with Crippen LogP contribution in [-0.4, -0.2) is 15.8 Å². The van der Waals surface area contributed by atoms with E-state index in [1.807, 2.05) is 19.1 Å². The summed E-state index contributed by atoms with van der Waals surface area (Å²) in [4.78, 5) is 14.2. The number of anilines is 2. The third kappa shape index (κ3) is 3.78. The molecule has 2 amide bonds. The van der Waals surface area contributed by atoms with Crippen LogP contribution in [0.3, 0.4) is 0 Å². The second kappa shape index (κ2) is 6.80. The average molecular weight is 345 g/mol. The van der Waals surface area contributed by atoms with Gasteiger partial charge in [0, 0.05) is 30.0 Å². The van der Waals surface area contributed by atoms with E-state index in [0.717, 1.165) is 5.76 Å². The number of aromatic nitrogens is 2. The quantitative estimate of drug-likeness (QED) is 0.771. The van der Waals surface area contributed by atoms with E-state index in [2.05, 4.69) is 10.4 Å². The maximum absolute atomic E-state index is 12.7. The van der Waals surface area contributed by atoms with Gasteiger partial charge in [0.25, 0.3) is 0 Å². The zero-order valence-electron chi connectivity index (χ0n) is 13.4. The highest BCUT2D eigenvalue weighted by Crippen LogP contribution is 2.19. The summed E-state index contributed by atoms with van der Waals surface area (Å²) >= 11 is 5.87. The normalized spacial score (nSPS) is 10.6. The van der Waals surface area contributed by atoms with Crippen LogP contribution in [0.4, 0.5) is 16.3 Å². The number of amides is 2. The summed E-state index contributed by atoms with van der Waals surface area (Å²) < 4.78 is 7.23. The fraction of sp³-hybridized carbons (Fsp3) is 0.176. The number of hydrogen-bond acceptors (Lipinski definition) is 3. The molecule has 0 bridgehead atoms. The minimum Gasteiger partial charge on any atom is -0.464 e. The van der Waals surface area contributed by atoms with E-state index in [9.17, 15) is 4.79 Å². The summed E-state index contributed by atoms with van der Waals surface area (Å²) in [6.07, 6.45) is 1.78. The van der Waals surface area contributed by atoms with Crippen LogP contribution in [0.5, 0.6) is 0 Å². The molecule has 0 aliphatic carbocycles. The van der Waals surface area contributed by atoms with Gasteiger partial charge in [-0.05, 0) is 43.3 Å². The molecule has 0 saturated heterocycles. The van der Waals surface area contributed by atoms with Crippen LogP contribution in [0.25, 0.3) is 0 Å². The van der Waals surface area contributed by atoms with Gasteiger partial charge in [0.2, 0.25) is 0 Å². The molecule has 0 fully saturated rings. The Labute approximate surface area is 144 Å². The average Bonchev–Trinajstić information content (AvgIpc) is 3.15. The van der Waals surface area contributed by atoms with Gasteiger partial charge in [-0.2, -0.15) is 5.10 Å². The molecule has 7 heteroatoms. The Kier molecular flexibility index (Phi) is 4.57. The summed E-state index contributed by atoms with van der Waals surface area (Å²) in [5.41, 5.74) is 0.654. The molecular weight excluding hydrogens is 328 g/mol. The van der Waals surface area contributed by atoms with Crippen molar-refractivity contribution in [3.8, 4) is 0 Å². The Morgan fingerprint density at radius 3 is 2.58 bits per heavy atom. The maximum atomic E-state index is 12.7. The van der Waals surface area contributed by atoms with Crippen LogP contribution in [0, 0.1) is 6.92 Å². The third-order valence-corrected chi connectivity index (χ3v) is 3.68. The SMILES string of the molecule is Cc1ccc(CN(C(=O)Nc2ccc(Cl)cc2)c2ccn(C)n2)o1. The van der Waals surface area contributed by atoms with Gasteiger partial charge >= 0.3 is 6.03 Å². The van der Waals surface area contributed by atoms with Gasteiger partial charge in [0.15, 0.2) is 5.82 Å².